The van der Waals surface area contributed by atoms with Crippen LogP contribution in [-0.2, 0) is 0 Å². The van der Waals surface area contributed by atoms with Crippen LogP contribution in [0.1, 0.15) is 36.6 Å². The molecular weight excluding hydrogens is 204 g/mol. The van der Waals surface area contributed by atoms with Gasteiger partial charge in [-0.1, -0.05) is 24.7 Å². The van der Waals surface area contributed by atoms with Gasteiger partial charge in [0.2, 0.25) is 0 Å². The van der Waals surface area contributed by atoms with Crippen molar-refractivity contribution in [3.63, 3.8) is 0 Å². The molecular formula is C12H18N2S. The molecule has 0 saturated carbocycles. The van der Waals surface area contributed by atoms with Crippen LogP contribution in [0.25, 0.3) is 0 Å². The van der Waals surface area contributed by atoms with Crippen molar-refractivity contribution in [2.24, 2.45) is 0 Å². The van der Waals surface area contributed by atoms with Gasteiger partial charge in [0.25, 0.3) is 0 Å². The maximum absolute atomic E-state index is 5.12. The molecule has 1 fully saturated rings. The normalized spacial score (nSPS) is 22.9. The van der Waals surface area contributed by atoms with E-state index >= 15 is 0 Å². The van der Waals surface area contributed by atoms with Gasteiger partial charge >= 0.3 is 0 Å². The lowest BCUT2D eigenvalue weighted by Gasteiger charge is -2.33. The summed E-state index contributed by atoms with van der Waals surface area (Å²) in [7, 11) is 2.21. The highest BCUT2D eigenvalue weighted by atomic mass is 32.1. The maximum Gasteiger partial charge on any atom is 0.103 e. The van der Waals surface area contributed by atoms with E-state index in [4.69, 9.17) is 12.2 Å². The van der Waals surface area contributed by atoms with Crippen molar-refractivity contribution in [2.45, 2.75) is 32.2 Å². The molecule has 15 heavy (non-hydrogen) atoms. The lowest BCUT2D eigenvalue weighted by molar-refractivity contribution is 0.186. The molecule has 0 bridgehead atoms. The summed E-state index contributed by atoms with van der Waals surface area (Å²) in [6.07, 6.45) is 3.93. The van der Waals surface area contributed by atoms with E-state index in [1.54, 1.807) is 0 Å². The number of hydrogen-bond acceptors (Lipinski definition) is 2. The minimum Gasteiger partial charge on any atom is -0.350 e. The summed E-state index contributed by atoms with van der Waals surface area (Å²) in [6.45, 7) is 3.33. The highest BCUT2D eigenvalue weighted by Gasteiger charge is 2.21. The summed E-state index contributed by atoms with van der Waals surface area (Å²) in [5, 5.41) is 0. The first-order valence-corrected chi connectivity index (χ1v) is 5.99. The van der Waals surface area contributed by atoms with E-state index in [1.807, 2.05) is 6.07 Å². The van der Waals surface area contributed by atoms with Gasteiger partial charge in [0.05, 0.1) is 0 Å². The molecule has 1 aliphatic rings. The lowest BCUT2D eigenvalue weighted by Crippen LogP contribution is -2.30. The topological polar surface area (TPSA) is 19.0 Å². The number of pyridine rings is 1. The van der Waals surface area contributed by atoms with Crippen LogP contribution in [0.5, 0.6) is 0 Å². The first-order valence-electron chi connectivity index (χ1n) is 5.58. The van der Waals surface area contributed by atoms with Crippen molar-refractivity contribution in [3.05, 3.63) is 28.0 Å². The zero-order chi connectivity index (χ0) is 10.8. The molecule has 3 heteroatoms. The third-order valence-electron chi connectivity index (χ3n) is 3.29. The molecule has 1 N–H and O–H groups in total. The number of aryl methyl sites for hydroxylation is 1. The average molecular weight is 222 g/mol. The highest BCUT2D eigenvalue weighted by Crippen LogP contribution is 2.30. The van der Waals surface area contributed by atoms with Crippen LogP contribution in [0.15, 0.2) is 12.1 Å². The first kappa shape index (κ1) is 10.8. The number of rotatable bonds is 1. The third kappa shape index (κ3) is 2.29. The molecule has 82 valence electrons. The summed E-state index contributed by atoms with van der Waals surface area (Å²) >= 11 is 5.12. The lowest BCUT2D eigenvalue weighted by atomic mass is 9.95. The van der Waals surface area contributed by atoms with E-state index < -0.39 is 0 Å². The number of piperidine rings is 1. The van der Waals surface area contributed by atoms with Crippen molar-refractivity contribution >= 4 is 12.2 Å². The number of nitrogens with zero attached hydrogens (tertiary/aromatic N) is 1. The monoisotopic (exact) mass is 222 g/mol. The van der Waals surface area contributed by atoms with Crippen molar-refractivity contribution in [1.82, 2.24) is 9.88 Å². The minimum absolute atomic E-state index is 0.575. The van der Waals surface area contributed by atoms with E-state index in [2.05, 4.69) is 29.9 Å². The smallest absolute Gasteiger partial charge is 0.103 e. The number of H-pyrrole nitrogens is 1. The van der Waals surface area contributed by atoms with Gasteiger partial charge in [0, 0.05) is 11.7 Å². The summed E-state index contributed by atoms with van der Waals surface area (Å²) in [4.78, 5) is 5.69. The molecule has 0 radical (unpaired) electrons. The second-order valence-electron chi connectivity index (χ2n) is 4.40. The molecule has 0 amide bonds. The Hall–Kier alpha value is -0.670. The molecule has 0 spiro atoms. The summed E-state index contributed by atoms with van der Waals surface area (Å²) in [5.41, 5.74) is 2.63. The Morgan fingerprint density at radius 3 is 2.87 bits per heavy atom. The van der Waals surface area contributed by atoms with Crippen molar-refractivity contribution in [2.75, 3.05) is 13.6 Å². The summed E-state index contributed by atoms with van der Waals surface area (Å²) in [5.74, 6) is 0. The highest BCUT2D eigenvalue weighted by molar-refractivity contribution is 7.71. The van der Waals surface area contributed by atoms with Crippen LogP contribution >= 0.6 is 12.2 Å². The average Bonchev–Trinajstić information content (AvgIpc) is 2.20. The molecule has 0 aromatic carbocycles. The third-order valence-corrected chi connectivity index (χ3v) is 3.53. The number of aromatic nitrogens is 1. The van der Waals surface area contributed by atoms with E-state index in [-0.39, 0.29) is 0 Å². The Bertz CT molecular complexity index is 397. The Morgan fingerprint density at radius 2 is 2.20 bits per heavy atom. The molecule has 0 aliphatic carbocycles. The Balaban J connectivity index is 2.31. The fourth-order valence-corrected chi connectivity index (χ4v) is 2.64. The van der Waals surface area contributed by atoms with Crippen LogP contribution in [0, 0.1) is 11.6 Å². The van der Waals surface area contributed by atoms with Gasteiger partial charge < -0.3 is 4.98 Å². The van der Waals surface area contributed by atoms with E-state index in [9.17, 15) is 0 Å². The molecule has 2 nitrogen and oxygen atoms in total. The van der Waals surface area contributed by atoms with Gasteiger partial charge in [-0.3, -0.25) is 4.90 Å². The van der Waals surface area contributed by atoms with Crippen LogP contribution in [0.3, 0.4) is 0 Å². The van der Waals surface area contributed by atoms with Crippen LogP contribution in [0.2, 0.25) is 0 Å². The molecule has 1 aromatic heterocycles. The number of nitrogens with one attached hydrogen (secondary N) is 1. The Kier molecular flexibility index (Phi) is 3.22. The predicted octanol–water partition coefficient (Wildman–Crippen LogP) is 3.21. The molecule has 1 saturated heterocycles. The zero-order valence-corrected chi connectivity index (χ0v) is 10.2. The molecule has 1 aliphatic heterocycles. The minimum atomic E-state index is 0.575. The van der Waals surface area contributed by atoms with Crippen LogP contribution < -0.4 is 0 Å². The van der Waals surface area contributed by atoms with Gasteiger partial charge in [-0.2, -0.15) is 0 Å². The number of hydrogen-bond donors (Lipinski definition) is 1. The number of likely N-dealkylation sites (tertiary alicyclic amines) is 1. The SMILES string of the molecule is Cc1[nH]c(=S)ccc1[C@@H]1CCCCN1C. The fraction of sp³-hybridized carbons (Fsp3) is 0.583. The van der Waals surface area contributed by atoms with Crippen molar-refractivity contribution in [1.29, 1.82) is 0 Å². The summed E-state index contributed by atoms with van der Waals surface area (Å²) < 4.78 is 0.828. The number of aromatic amines is 1. The van der Waals surface area contributed by atoms with Crippen LogP contribution in [0.4, 0.5) is 0 Å². The first-order chi connectivity index (χ1) is 7.18. The van der Waals surface area contributed by atoms with Crippen molar-refractivity contribution in [3.8, 4) is 0 Å². The Labute approximate surface area is 96.3 Å². The van der Waals surface area contributed by atoms with Gasteiger partial charge in [-0.25, -0.2) is 0 Å². The van der Waals surface area contributed by atoms with E-state index in [0.29, 0.717) is 6.04 Å². The molecule has 2 rings (SSSR count). The predicted molar refractivity (Wildman–Crippen MR) is 65.6 cm³/mol. The molecule has 0 unspecified atom stereocenters. The van der Waals surface area contributed by atoms with Crippen LogP contribution in [-0.4, -0.2) is 23.5 Å². The fourth-order valence-electron chi connectivity index (χ4n) is 2.42. The standard InChI is InChI=1S/C12H18N2S/c1-9-10(6-7-12(15)13-9)11-5-3-4-8-14(11)2/h6-7,11H,3-5,8H2,1-2H3,(H,13,15)/t11-/m0/s1. The molecule has 1 atom stereocenters. The quantitative estimate of drug-likeness (QED) is 0.736. The second-order valence-corrected chi connectivity index (χ2v) is 4.83. The van der Waals surface area contributed by atoms with E-state index in [1.165, 1.54) is 37.1 Å². The molecule has 1 aromatic rings. The largest absolute Gasteiger partial charge is 0.350 e. The van der Waals surface area contributed by atoms with Crippen molar-refractivity contribution < 1.29 is 0 Å². The Morgan fingerprint density at radius 1 is 1.40 bits per heavy atom. The van der Waals surface area contributed by atoms with Gasteiger partial charge in [0.15, 0.2) is 0 Å². The van der Waals surface area contributed by atoms with Gasteiger partial charge in [0.1, 0.15) is 4.64 Å². The molecule has 2 heterocycles. The zero-order valence-electron chi connectivity index (χ0n) is 9.42. The maximum atomic E-state index is 5.12. The van der Waals surface area contributed by atoms with Gasteiger partial charge in [-0.15, -0.1) is 0 Å². The van der Waals surface area contributed by atoms with Gasteiger partial charge in [-0.05, 0) is 45.0 Å². The second kappa shape index (κ2) is 4.45. The van der Waals surface area contributed by atoms with E-state index in [0.717, 1.165) is 4.64 Å². The summed E-state index contributed by atoms with van der Waals surface area (Å²) in [6, 6.07) is 4.76.